The summed E-state index contributed by atoms with van der Waals surface area (Å²) in [6.45, 7) is 2.24. The molecular formula is C17H24FNO. The molecule has 1 atom stereocenters. The maximum Gasteiger partial charge on any atom is 0.123 e. The van der Waals surface area contributed by atoms with Gasteiger partial charge in [0.2, 0.25) is 0 Å². The van der Waals surface area contributed by atoms with E-state index in [0.717, 1.165) is 12.8 Å². The predicted octanol–water partition coefficient (Wildman–Crippen LogP) is 3.62. The SMILES string of the molecule is COC1(C(C)NC2CC(c3ccc(F)cc3)C2)CCC1. The van der Waals surface area contributed by atoms with Crippen LogP contribution in [-0.4, -0.2) is 24.8 Å². The van der Waals surface area contributed by atoms with Crippen LogP contribution in [0.25, 0.3) is 0 Å². The number of ether oxygens (including phenoxy) is 1. The van der Waals surface area contributed by atoms with Gasteiger partial charge in [0.05, 0.1) is 5.60 Å². The smallest absolute Gasteiger partial charge is 0.123 e. The van der Waals surface area contributed by atoms with Crippen molar-refractivity contribution in [1.82, 2.24) is 5.32 Å². The Labute approximate surface area is 120 Å². The van der Waals surface area contributed by atoms with Gasteiger partial charge < -0.3 is 10.1 Å². The van der Waals surface area contributed by atoms with Crippen LogP contribution < -0.4 is 5.32 Å². The molecule has 110 valence electrons. The molecule has 2 aliphatic rings. The third kappa shape index (κ3) is 2.49. The van der Waals surface area contributed by atoms with Gasteiger partial charge in [-0.2, -0.15) is 0 Å². The zero-order valence-corrected chi connectivity index (χ0v) is 12.4. The molecule has 2 aliphatic carbocycles. The van der Waals surface area contributed by atoms with Crippen LogP contribution in [0.1, 0.15) is 50.5 Å². The maximum atomic E-state index is 12.9. The molecule has 3 heteroatoms. The second-order valence-electron chi connectivity index (χ2n) is 6.43. The molecule has 0 radical (unpaired) electrons. The normalized spacial score (nSPS) is 29.4. The molecule has 0 aliphatic heterocycles. The predicted molar refractivity (Wildman–Crippen MR) is 78.4 cm³/mol. The average molecular weight is 277 g/mol. The van der Waals surface area contributed by atoms with E-state index in [1.807, 2.05) is 19.2 Å². The van der Waals surface area contributed by atoms with Gasteiger partial charge in [0.1, 0.15) is 5.82 Å². The first-order valence-electron chi connectivity index (χ1n) is 7.69. The van der Waals surface area contributed by atoms with Crippen molar-refractivity contribution >= 4 is 0 Å². The number of methoxy groups -OCH3 is 1. The number of hydrogen-bond donors (Lipinski definition) is 1. The Bertz CT molecular complexity index is 443. The summed E-state index contributed by atoms with van der Waals surface area (Å²) in [5.74, 6) is 0.434. The lowest BCUT2D eigenvalue weighted by Crippen LogP contribution is -2.58. The Morgan fingerprint density at radius 1 is 1.25 bits per heavy atom. The third-order valence-electron chi connectivity index (χ3n) is 5.36. The first-order chi connectivity index (χ1) is 9.63. The molecule has 0 bridgehead atoms. The minimum absolute atomic E-state index is 0.0704. The summed E-state index contributed by atoms with van der Waals surface area (Å²) in [5.41, 5.74) is 1.34. The van der Waals surface area contributed by atoms with Crippen LogP contribution in [0.5, 0.6) is 0 Å². The zero-order valence-electron chi connectivity index (χ0n) is 12.4. The summed E-state index contributed by atoms with van der Waals surface area (Å²) in [6, 6.07) is 7.96. The largest absolute Gasteiger partial charge is 0.377 e. The van der Waals surface area contributed by atoms with Gasteiger partial charge in [-0.15, -0.1) is 0 Å². The van der Waals surface area contributed by atoms with E-state index in [1.165, 1.54) is 24.8 Å². The first-order valence-corrected chi connectivity index (χ1v) is 7.69. The molecule has 0 aromatic heterocycles. The van der Waals surface area contributed by atoms with Crippen molar-refractivity contribution in [2.75, 3.05) is 7.11 Å². The molecule has 1 unspecified atom stereocenters. The molecule has 2 fully saturated rings. The van der Waals surface area contributed by atoms with Gasteiger partial charge in [-0.1, -0.05) is 12.1 Å². The van der Waals surface area contributed by atoms with Gasteiger partial charge >= 0.3 is 0 Å². The Hall–Kier alpha value is -0.930. The molecule has 0 spiro atoms. The van der Waals surface area contributed by atoms with Crippen LogP contribution in [0.15, 0.2) is 24.3 Å². The number of hydrogen-bond acceptors (Lipinski definition) is 2. The minimum Gasteiger partial charge on any atom is -0.377 e. The quantitative estimate of drug-likeness (QED) is 0.887. The van der Waals surface area contributed by atoms with E-state index in [1.54, 1.807) is 12.1 Å². The maximum absolute atomic E-state index is 12.9. The van der Waals surface area contributed by atoms with Crippen molar-refractivity contribution < 1.29 is 9.13 Å². The Balaban J connectivity index is 1.49. The molecule has 20 heavy (non-hydrogen) atoms. The van der Waals surface area contributed by atoms with E-state index in [0.29, 0.717) is 18.0 Å². The summed E-state index contributed by atoms with van der Waals surface area (Å²) in [7, 11) is 1.83. The van der Waals surface area contributed by atoms with Crippen molar-refractivity contribution in [3.8, 4) is 0 Å². The summed E-state index contributed by atoms with van der Waals surface area (Å²) in [6.07, 6.45) is 5.92. The first kappa shape index (κ1) is 14.0. The highest BCUT2D eigenvalue weighted by molar-refractivity contribution is 5.23. The Morgan fingerprint density at radius 2 is 1.90 bits per heavy atom. The Morgan fingerprint density at radius 3 is 2.40 bits per heavy atom. The monoisotopic (exact) mass is 277 g/mol. The van der Waals surface area contributed by atoms with Crippen LogP contribution in [0.3, 0.4) is 0 Å². The number of rotatable bonds is 5. The minimum atomic E-state index is -0.150. The van der Waals surface area contributed by atoms with Crippen LogP contribution in [0.2, 0.25) is 0 Å². The van der Waals surface area contributed by atoms with E-state index in [-0.39, 0.29) is 11.4 Å². The molecule has 0 amide bonds. The number of benzene rings is 1. The third-order valence-corrected chi connectivity index (χ3v) is 5.36. The summed E-state index contributed by atoms with van der Waals surface area (Å²) in [5, 5.41) is 3.72. The molecule has 1 aromatic carbocycles. The highest BCUT2D eigenvalue weighted by Crippen LogP contribution is 2.41. The van der Waals surface area contributed by atoms with E-state index in [4.69, 9.17) is 4.74 Å². The van der Waals surface area contributed by atoms with Gasteiger partial charge in [-0.25, -0.2) is 4.39 Å². The van der Waals surface area contributed by atoms with Crippen LogP contribution >= 0.6 is 0 Å². The molecule has 0 saturated heterocycles. The van der Waals surface area contributed by atoms with E-state index in [2.05, 4.69) is 12.2 Å². The second-order valence-corrected chi connectivity index (χ2v) is 6.43. The molecule has 1 N–H and O–H groups in total. The standard InChI is InChI=1S/C17H24FNO/c1-12(17(20-2)8-3-9-17)19-16-10-14(11-16)13-4-6-15(18)7-5-13/h4-7,12,14,16,19H,3,8-11H2,1-2H3. The summed E-state index contributed by atoms with van der Waals surface area (Å²) >= 11 is 0. The van der Waals surface area contributed by atoms with Crippen molar-refractivity contribution in [3.05, 3.63) is 35.6 Å². The lowest BCUT2D eigenvalue weighted by Gasteiger charge is -2.48. The lowest BCUT2D eigenvalue weighted by molar-refractivity contribution is -0.0981. The molecule has 2 saturated carbocycles. The van der Waals surface area contributed by atoms with Gasteiger partial charge in [0, 0.05) is 19.2 Å². The summed E-state index contributed by atoms with van der Waals surface area (Å²) < 4.78 is 18.6. The van der Waals surface area contributed by atoms with Crippen molar-refractivity contribution in [2.45, 2.75) is 62.6 Å². The number of halogens is 1. The fourth-order valence-electron chi connectivity index (χ4n) is 3.61. The van der Waals surface area contributed by atoms with Crippen LogP contribution in [0.4, 0.5) is 4.39 Å². The van der Waals surface area contributed by atoms with E-state index in [9.17, 15) is 4.39 Å². The van der Waals surface area contributed by atoms with Gasteiger partial charge in [-0.05, 0) is 62.6 Å². The van der Waals surface area contributed by atoms with Crippen LogP contribution in [-0.2, 0) is 4.74 Å². The van der Waals surface area contributed by atoms with Gasteiger partial charge in [0.25, 0.3) is 0 Å². The molecule has 0 heterocycles. The van der Waals surface area contributed by atoms with Crippen molar-refractivity contribution in [1.29, 1.82) is 0 Å². The summed E-state index contributed by atoms with van der Waals surface area (Å²) in [4.78, 5) is 0. The number of nitrogens with one attached hydrogen (secondary N) is 1. The fraction of sp³-hybridized carbons (Fsp3) is 0.647. The second kappa shape index (κ2) is 5.45. The average Bonchev–Trinajstić information content (AvgIpc) is 2.34. The molecule has 3 rings (SSSR count). The van der Waals surface area contributed by atoms with Crippen molar-refractivity contribution in [2.24, 2.45) is 0 Å². The highest BCUT2D eigenvalue weighted by atomic mass is 19.1. The molecule has 1 aromatic rings. The van der Waals surface area contributed by atoms with Crippen LogP contribution in [0, 0.1) is 5.82 Å². The zero-order chi connectivity index (χ0) is 14.2. The Kier molecular flexibility index (Phi) is 3.83. The lowest BCUT2D eigenvalue weighted by atomic mass is 9.72. The molecular weight excluding hydrogens is 253 g/mol. The van der Waals surface area contributed by atoms with Gasteiger partial charge in [0.15, 0.2) is 0 Å². The van der Waals surface area contributed by atoms with Gasteiger partial charge in [-0.3, -0.25) is 0 Å². The van der Waals surface area contributed by atoms with E-state index >= 15 is 0 Å². The topological polar surface area (TPSA) is 21.3 Å². The fourth-order valence-corrected chi connectivity index (χ4v) is 3.61. The highest BCUT2D eigenvalue weighted by Gasteiger charge is 2.44. The van der Waals surface area contributed by atoms with E-state index < -0.39 is 0 Å². The molecule has 2 nitrogen and oxygen atoms in total. The van der Waals surface area contributed by atoms with Crippen molar-refractivity contribution in [3.63, 3.8) is 0 Å².